The number of nitrogens with two attached hydrogens (primary N) is 2. The van der Waals surface area contributed by atoms with E-state index in [4.69, 9.17) is 16.2 Å². The number of hydrogen-bond donors (Lipinski definition) is 2. The van der Waals surface area contributed by atoms with E-state index in [-0.39, 0.29) is 11.5 Å². The van der Waals surface area contributed by atoms with Crippen molar-refractivity contribution in [2.24, 2.45) is 5.92 Å². The van der Waals surface area contributed by atoms with Crippen molar-refractivity contribution < 1.29 is 4.74 Å². The van der Waals surface area contributed by atoms with Crippen LogP contribution < -0.4 is 11.5 Å². The van der Waals surface area contributed by atoms with Crippen LogP contribution in [0.2, 0.25) is 0 Å². The van der Waals surface area contributed by atoms with Gasteiger partial charge in [-0.1, -0.05) is 6.92 Å². The van der Waals surface area contributed by atoms with E-state index in [9.17, 15) is 0 Å². The number of nitrogens with zero attached hydrogens (tertiary/aromatic N) is 4. The molecule has 2 heterocycles. The number of rotatable bonds is 4. The van der Waals surface area contributed by atoms with Gasteiger partial charge in [-0.2, -0.15) is 9.97 Å². The Morgan fingerprint density at radius 2 is 2.26 bits per heavy atom. The molecule has 1 aliphatic carbocycles. The van der Waals surface area contributed by atoms with Crippen molar-refractivity contribution in [1.29, 1.82) is 0 Å². The predicted molar refractivity (Wildman–Crippen MR) is 76.3 cm³/mol. The Hall–Kier alpha value is -1.46. The maximum atomic E-state index is 5.84. The molecule has 0 aliphatic heterocycles. The van der Waals surface area contributed by atoms with E-state index < -0.39 is 0 Å². The fourth-order valence-corrected chi connectivity index (χ4v) is 2.81. The summed E-state index contributed by atoms with van der Waals surface area (Å²) in [5.74, 6) is 1.00. The van der Waals surface area contributed by atoms with Crippen molar-refractivity contribution in [2.45, 2.75) is 25.5 Å². The molecule has 3 rings (SSSR count). The molecule has 2 aromatic rings. The minimum absolute atomic E-state index is 0.121. The number of imidazole rings is 1. The van der Waals surface area contributed by atoms with Gasteiger partial charge >= 0.3 is 0 Å². The molecule has 8 heteroatoms. The van der Waals surface area contributed by atoms with E-state index in [1.165, 1.54) is 0 Å². The Kier molecular flexibility index (Phi) is 2.83. The lowest BCUT2D eigenvalue weighted by Crippen LogP contribution is -2.23. The maximum Gasteiger partial charge on any atom is 0.224 e. The first kappa shape index (κ1) is 12.6. The first-order valence-corrected chi connectivity index (χ1v) is 6.95. The van der Waals surface area contributed by atoms with E-state index in [0.717, 1.165) is 6.42 Å². The molecule has 0 aromatic carbocycles. The fraction of sp³-hybridized carbons (Fsp3) is 0.545. The lowest BCUT2D eigenvalue weighted by molar-refractivity contribution is 0.0422. The van der Waals surface area contributed by atoms with Crippen molar-refractivity contribution in [1.82, 2.24) is 19.5 Å². The monoisotopic (exact) mass is 280 g/mol. The average molecular weight is 280 g/mol. The van der Waals surface area contributed by atoms with E-state index in [1.807, 2.05) is 4.57 Å². The van der Waals surface area contributed by atoms with Crippen molar-refractivity contribution in [3.8, 4) is 0 Å². The summed E-state index contributed by atoms with van der Waals surface area (Å²) in [6.07, 6.45) is 3.38. The molecule has 3 atom stereocenters. The Morgan fingerprint density at radius 1 is 1.53 bits per heavy atom. The van der Waals surface area contributed by atoms with Crippen LogP contribution in [0.3, 0.4) is 0 Å². The Morgan fingerprint density at radius 3 is 2.89 bits per heavy atom. The molecular formula is C11H17N6OP. The van der Waals surface area contributed by atoms with Crippen LogP contribution in [0.5, 0.6) is 0 Å². The third-order valence-electron chi connectivity index (χ3n) is 3.71. The SMILES string of the molecule is CC1CC1(Cn1cnc2c(N)nc(N)nc21)OCP. The first-order valence-electron chi connectivity index (χ1n) is 6.13. The van der Waals surface area contributed by atoms with Gasteiger partial charge in [-0.3, -0.25) is 0 Å². The highest BCUT2D eigenvalue weighted by atomic mass is 31.0. The number of nitrogen functional groups attached to an aromatic ring is 2. The molecule has 102 valence electrons. The number of fused-ring (bicyclic) bond motifs is 1. The van der Waals surface area contributed by atoms with E-state index in [1.54, 1.807) is 6.33 Å². The summed E-state index contributed by atoms with van der Waals surface area (Å²) in [5, 5.41) is 0. The molecule has 1 aliphatic rings. The highest BCUT2D eigenvalue weighted by molar-refractivity contribution is 7.16. The molecule has 1 saturated carbocycles. The van der Waals surface area contributed by atoms with Gasteiger partial charge in [0.15, 0.2) is 11.5 Å². The van der Waals surface area contributed by atoms with Crippen LogP contribution >= 0.6 is 9.24 Å². The highest BCUT2D eigenvalue weighted by Gasteiger charge is 2.52. The zero-order chi connectivity index (χ0) is 13.6. The van der Waals surface area contributed by atoms with Crippen LogP contribution in [-0.2, 0) is 11.3 Å². The standard InChI is InChI=1S/C11H17N6OP/c1-6-2-11(6,18-5-19)3-17-4-14-7-8(12)15-10(13)16-9(7)17/h4,6H,2-3,5,19H2,1H3,(H4,12,13,15,16). The van der Waals surface area contributed by atoms with Gasteiger partial charge in [-0.15, -0.1) is 9.24 Å². The summed E-state index contributed by atoms with van der Waals surface area (Å²) in [4.78, 5) is 12.4. The van der Waals surface area contributed by atoms with Gasteiger partial charge in [-0.05, 0) is 12.3 Å². The van der Waals surface area contributed by atoms with E-state index >= 15 is 0 Å². The van der Waals surface area contributed by atoms with Crippen LogP contribution in [0.15, 0.2) is 6.33 Å². The van der Waals surface area contributed by atoms with E-state index in [2.05, 4.69) is 31.1 Å². The van der Waals surface area contributed by atoms with Gasteiger partial charge < -0.3 is 20.8 Å². The zero-order valence-corrected chi connectivity index (χ0v) is 11.9. The fourth-order valence-electron chi connectivity index (χ4n) is 2.48. The van der Waals surface area contributed by atoms with Crippen molar-refractivity contribution in [3.05, 3.63) is 6.33 Å². The molecule has 19 heavy (non-hydrogen) atoms. The van der Waals surface area contributed by atoms with Crippen LogP contribution in [0.25, 0.3) is 11.2 Å². The predicted octanol–water partition coefficient (Wildman–Crippen LogP) is 0.618. The lowest BCUT2D eigenvalue weighted by Gasteiger charge is -2.17. The van der Waals surface area contributed by atoms with Crippen LogP contribution in [0.1, 0.15) is 13.3 Å². The number of ether oxygens (including phenoxy) is 1. The molecule has 4 N–H and O–H groups in total. The summed E-state index contributed by atoms with van der Waals surface area (Å²) in [7, 11) is 2.59. The van der Waals surface area contributed by atoms with Crippen molar-refractivity contribution in [2.75, 3.05) is 17.8 Å². The van der Waals surface area contributed by atoms with Gasteiger partial charge in [0.25, 0.3) is 0 Å². The second kappa shape index (κ2) is 4.28. The van der Waals surface area contributed by atoms with Crippen molar-refractivity contribution >= 4 is 32.2 Å². The summed E-state index contributed by atoms with van der Waals surface area (Å²) < 4.78 is 7.78. The molecule has 1 fully saturated rings. The highest BCUT2D eigenvalue weighted by Crippen LogP contribution is 2.48. The normalized spacial score (nSPS) is 25.9. The maximum absolute atomic E-state index is 5.84. The largest absolute Gasteiger partial charge is 0.382 e. The topological polar surface area (TPSA) is 105 Å². The quantitative estimate of drug-likeness (QED) is 0.795. The van der Waals surface area contributed by atoms with Gasteiger partial charge in [0.2, 0.25) is 5.95 Å². The molecule has 0 amide bonds. The Bertz CT molecular complexity index is 629. The van der Waals surface area contributed by atoms with Crippen LogP contribution in [-0.4, -0.2) is 31.5 Å². The Balaban J connectivity index is 1.98. The minimum atomic E-state index is -0.121. The van der Waals surface area contributed by atoms with Gasteiger partial charge in [0.1, 0.15) is 5.52 Å². The summed E-state index contributed by atoms with van der Waals surface area (Å²) in [6.45, 7) is 2.88. The smallest absolute Gasteiger partial charge is 0.224 e. The third-order valence-corrected chi connectivity index (χ3v) is 3.87. The number of hydrogen-bond acceptors (Lipinski definition) is 6. The number of aromatic nitrogens is 4. The zero-order valence-electron chi connectivity index (χ0n) is 10.7. The molecule has 0 saturated heterocycles. The minimum Gasteiger partial charge on any atom is -0.382 e. The van der Waals surface area contributed by atoms with E-state index in [0.29, 0.717) is 35.8 Å². The third kappa shape index (κ3) is 2.03. The van der Waals surface area contributed by atoms with Crippen LogP contribution in [0.4, 0.5) is 11.8 Å². The van der Waals surface area contributed by atoms with Gasteiger partial charge in [0, 0.05) is 0 Å². The Labute approximate surface area is 112 Å². The summed E-state index contributed by atoms with van der Waals surface area (Å²) >= 11 is 0. The molecular weight excluding hydrogens is 263 g/mol. The molecule has 7 nitrogen and oxygen atoms in total. The summed E-state index contributed by atoms with van der Waals surface area (Å²) in [6, 6.07) is 0. The molecule has 2 aromatic heterocycles. The average Bonchev–Trinajstić information content (AvgIpc) is 2.78. The van der Waals surface area contributed by atoms with Gasteiger partial charge in [-0.25, -0.2) is 4.98 Å². The summed E-state index contributed by atoms with van der Waals surface area (Å²) in [5.41, 5.74) is 12.6. The molecule has 3 unspecified atom stereocenters. The van der Waals surface area contributed by atoms with Gasteiger partial charge in [0.05, 0.1) is 24.8 Å². The van der Waals surface area contributed by atoms with Crippen molar-refractivity contribution in [3.63, 3.8) is 0 Å². The number of anilines is 2. The molecule has 0 bridgehead atoms. The lowest BCUT2D eigenvalue weighted by atomic mass is 10.2. The second-order valence-electron chi connectivity index (χ2n) is 4.99. The van der Waals surface area contributed by atoms with Crippen LogP contribution in [0, 0.1) is 5.92 Å². The molecule has 0 spiro atoms. The molecule has 0 radical (unpaired) electrons. The first-order chi connectivity index (χ1) is 9.05. The second-order valence-corrected chi connectivity index (χ2v) is 5.33.